The molecule has 2 aromatic carbocycles. The van der Waals surface area contributed by atoms with Gasteiger partial charge in [0.2, 0.25) is 11.8 Å². The molecule has 1 atom stereocenters. The monoisotopic (exact) mass is 410 g/mol. The molecule has 28 heavy (non-hydrogen) atoms. The van der Waals surface area contributed by atoms with Gasteiger partial charge in [-0.2, -0.15) is 8.78 Å². The number of benzene rings is 2. The van der Waals surface area contributed by atoms with Crippen LogP contribution in [0.4, 0.5) is 8.78 Å². The first-order valence-electron chi connectivity index (χ1n) is 8.66. The number of ether oxygens (including phenoxy) is 1. The van der Waals surface area contributed by atoms with Gasteiger partial charge in [-0.1, -0.05) is 35.9 Å². The van der Waals surface area contributed by atoms with Gasteiger partial charge in [-0.05, 0) is 41.8 Å². The van der Waals surface area contributed by atoms with Gasteiger partial charge >= 0.3 is 6.61 Å². The molecule has 0 bridgehead atoms. The Bertz CT molecular complexity index is 783. The molecule has 5 nitrogen and oxygen atoms in total. The van der Waals surface area contributed by atoms with Gasteiger partial charge in [-0.3, -0.25) is 9.59 Å². The van der Waals surface area contributed by atoms with Crippen LogP contribution in [0.15, 0.2) is 48.5 Å². The molecular formula is C20H21ClF2N2O3. The Hall–Kier alpha value is -2.67. The van der Waals surface area contributed by atoms with Crippen molar-refractivity contribution in [2.45, 2.75) is 32.4 Å². The van der Waals surface area contributed by atoms with Crippen LogP contribution in [0.3, 0.4) is 0 Å². The number of amides is 2. The summed E-state index contributed by atoms with van der Waals surface area (Å²) in [4.78, 5) is 23.7. The Labute approximate surface area is 167 Å². The van der Waals surface area contributed by atoms with Crippen LogP contribution in [0.25, 0.3) is 0 Å². The number of hydrogen-bond acceptors (Lipinski definition) is 3. The van der Waals surface area contributed by atoms with Gasteiger partial charge in [0.05, 0.1) is 12.5 Å². The molecule has 2 amide bonds. The first-order valence-corrected chi connectivity index (χ1v) is 9.04. The van der Waals surface area contributed by atoms with E-state index in [1.807, 2.05) is 0 Å². The standard InChI is InChI=1S/C20H21ClF2N2O3/c1-13(26)25-18(15-4-6-16(21)7-5-15)12-19(27)24-11-10-14-2-8-17(9-3-14)28-20(22)23/h2-9,18,20H,10-12H2,1H3,(H,24,27)(H,25,26). The summed E-state index contributed by atoms with van der Waals surface area (Å²) in [6.45, 7) is -1.09. The zero-order valence-corrected chi connectivity index (χ0v) is 16.0. The minimum absolute atomic E-state index is 0.0857. The average Bonchev–Trinajstić information content (AvgIpc) is 2.62. The molecule has 2 N–H and O–H groups in total. The van der Waals surface area contributed by atoms with Crippen molar-refractivity contribution in [3.63, 3.8) is 0 Å². The maximum absolute atomic E-state index is 12.2. The smallest absolute Gasteiger partial charge is 0.387 e. The summed E-state index contributed by atoms with van der Waals surface area (Å²) < 4.78 is 28.6. The van der Waals surface area contributed by atoms with Crippen molar-refractivity contribution in [2.75, 3.05) is 6.54 Å². The molecule has 0 saturated heterocycles. The minimum atomic E-state index is -2.86. The number of carbonyl (C=O) groups excluding carboxylic acids is 2. The van der Waals surface area contributed by atoms with Gasteiger partial charge in [-0.25, -0.2) is 0 Å². The van der Waals surface area contributed by atoms with Crippen LogP contribution in [0.5, 0.6) is 5.75 Å². The molecule has 0 aliphatic rings. The molecule has 0 aliphatic carbocycles. The first kappa shape index (κ1) is 21.6. The molecule has 150 valence electrons. The van der Waals surface area contributed by atoms with Crippen molar-refractivity contribution in [2.24, 2.45) is 0 Å². The fraction of sp³-hybridized carbons (Fsp3) is 0.300. The largest absolute Gasteiger partial charge is 0.435 e. The Morgan fingerprint density at radius 2 is 1.71 bits per heavy atom. The number of alkyl halides is 2. The fourth-order valence-electron chi connectivity index (χ4n) is 2.63. The predicted octanol–water partition coefficient (Wildman–Crippen LogP) is 3.87. The summed E-state index contributed by atoms with van der Waals surface area (Å²) >= 11 is 5.88. The lowest BCUT2D eigenvalue weighted by Gasteiger charge is -2.18. The molecule has 0 heterocycles. The van der Waals surface area contributed by atoms with Gasteiger partial charge in [0.25, 0.3) is 0 Å². The zero-order valence-electron chi connectivity index (χ0n) is 15.3. The summed E-state index contributed by atoms with van der Waals surface area (Å²) in [5.41, 5.74) is 1.65. The lowest BCUT2D eigenvalue weighted by Crippen LogP contribution is -2.33. The molecule has 2 rings (SSSR count). The molecule has 0 fully saturated rings. The second kappa shape index (κ2) is 10.6. The third-order valence-corrected chi connectivity index (χ3v) is 4.18. The molecule has 2 aromatic rings. The molecule has 1 unspecified atom stereocenters. The van der Waals surface area contributed by atoms with Crippen LogP contribution in [0, 0.1) is 0 Å². The predicted molar refractivity (Wildman–Crippen MR) is 102 cm³/mol. The molecule has 0 radical (unpaired) electrons. The van der Waals surface area contributed by atoms with Crippen molar-refractivity contribution >= 4 is 23.4 Å². The van der Waals surface area contributed by atoms with Gasteiger partial charge in [0.15, 0.2) is 0 Å². The van der Waals surface area contributed by atoms with Crippen LogP contribution in [0.2, 0.25) is 5.02 Å². The van der Waals surface area contributed by atoms with Crippen LogP contribution < -0.4 is 15.4 Å². The van der Waals surface area contributed by atoms with Crippen LogP contribution in [0.1, 0.15) is 30.5 Å². The summed E-state index contributed by atoms with van der Waals surface area (Å²) in [5, 5.41) is 6.12. The minimum Gasteiger partial charge on any atom is -0.435 e. The number of rotatable bonds is 9. The number of halogens is 3. The molecule has 0 aromatic heterocycles. The third kappa shape index (κ3) is 7.52. The average molecular weight is 411 g/mol. The Kier molecular flexibility index (Phi) is 8.19. The van der Waals surface area contributed by atoms with Gasteiger partial charge < -0.3 is 15.4 Å². The molecule has 0 saturated carbocycles. The lowest BCUT2D eigenvalue weighted by molar-refractivity contribution is -0.122. The van der Waals surface area contributed by atoms with Crippen LogP contribution >= 0.6 is 11.6 Å². The first-order chi connectivity index (χ1) is 13.3. The molecule has 0 spiro atoms. The van der Waals surface area contributed by atoms with E-state index in [1.165, 1.54) is 19.1 Å². The van der Waals surface area contributed by atoms with Gasteiger partial charge in [-0.15, -0.1) is 0 Å². The van der Waals surface area contributed by atoms with E-state index in [9.17, 15) is 18.4 Å². The van der Waals surface area contributed by atoms with Crippen molar-refractivity contribution in [1.29, 1.82) is 0 Å². The third-order valence-electron chi connectivity index (χ3n) is 3.92. The number of nitrogens with one attached hydrogen (secondary N) is 2. The second-order valence-corrected chi connectivity index (χ2v) is 6.57. The Balaban J connectivity index is 1.85. The number of carbonyl (C=O) groups is 2. The lowest BCUT2D eigenvalue weighted by atomic mass is 10.0. The molecule has 8 heteroatoms. The quantitative estimate of drug-likeness (QED) is 0.659. The van der Waals surface area contributed by atoms with E-state index in [4.69, 9.17) is 11.6 Å². The van der Waals surface area contributed by atoms with Crippen LogP contribution in [-0.4, -0.2) is 25.0 Å². The zero-order chi connectivity index (χ0) is 20.5. The van der Waals surface area contributed by atoms with E-state index in [-0.39, 0.29) is 24.0 Å². The van der Waals surface area contributed by atoms with Crippen molar-refractivity contribution in [3.8, 4) is 5.75 Å². The Morgan fingerprint density at radius 1 is 1.07 bits per heavy atom. The van der Waals surface area contributed by atoms with Crippen LogP contribution in [-0.2, 0) is 16.0 Å². The summed E-state index contributed by atoms with van der Waals surface area (Å²) in [6, 6.07) is 12.7. The van der Waals surface area contributed by atoms with E-state index >= 15 is 0 Å². The summed E-state index contributed by atoms with van der Waals surface area (Å²) in [6.07, 6.45) is 0.620. The highest BCUT2D eigenvalue weighted by Crippen LogP contribution is 2.19. The maximum atomic E-state index is 12.2. The highest BCUT2D eigenvalue weighted by atomic mass is 35.5. The number of hydrogen-bond donors (Lipinski definition) is 2. The molecular weight excluding hydrogens is 390 g/mol. The summed E-state index contributed by atoms with van der Waals surface area (Å²) in [5.74, 6) is -0.367. The maximum Gasteiger partial charge on any atom is 0.387 e. The summed E-state index contributed by atoms with van der Waals surface area (Å²) in [7, 11) is 0. The van der Waals surface area contributed by atoms with E-state index < -0.39 is 12.7 Å². The fourth-order valence-corrected chi connectivity index (χ4v) is 2.76. The molecule has 0 aliphatic heterocycles. The topological polar surface area (TPSA) is 67.4 Å². The SMILES string of the molecule is CC(=O)NC(CC(=O)NCCc1ccc(OC(F)F)cc1)c1ccc(Cl)cc1. The van der Waals surface area contributed by atoms with Crippen molar-refractivity contribution < 1.29 is 23.1 Å². The van der Waals surface area contributed by atoms with Crippen molar-refractivity contribution in [3.05, 3.63) is 64.7 Å². The highest BCUT2D eigenvalue weighted by molar-refractivity contribution is 6.30. The van der Waals surface area contributed by atoms with E-state index in [0.29, 0.717) is 18.0 Å². The van der Waals surface area contributed by atoms with E-state index in [0.717, 1.165) is 11.1 Å². The van der Waals surface area contributed by atoms with Gasteiger partial charge in [0.1, 0.15) is 5.75 Å². The van der Waals surface area contributed by atoms with Gasteiger partial charge in [0, 0.05) is 18.5 Å². The van der Waals surface area contributed by atoms with E-state index in [2.05, 4.69) is 15.4 Å². The Morgan fingerprint density at radius 3 is 2.29 bits per heavy atom. The highest BCUT2D eigenvalue weighted by Gasteiger charge is 2.17. The van der Waals surface area contributed by atoms with E-state index in [1.54, 1.807) is 36.4 Å². The van der Waals surface area contributed by atoms with Crippen molar-refractivity contribution in [1.82, 2.24) is 10.6 Å². The second-order valence-electron chi connectivity index (χ2n) is 6.13. The normalized spacial score (nSPS) is 11.8.